The first-order valence-electron chi connectivity index (χ1n) is 7.14. The maximum absolute atomic E-state index is 13.5. The summed E-state index contributed by atoms with van der Waals surface area (Å²) in [7, 11) is 0. The molecule has 1 N–H and O–H groups in total. The lowest BCUT2D eigenvalue weighted by Crippen LogP contribution is -2.30. The molecule has 0 bridgehead atoms. The lowest BCUT2D eigenvalue weighted by atomic mass is 10.0. The molecule has 1 aliphatic rings. The summed E-state index contributed by atoms with van der Waals surface area (Å²) in [5, 5.41) is 9.78. The SMILES string of the molecule is N#Cc1ccc(N2CCc3[nH]c4ccc(F)cc4c3C2)nc1. The maximum atomic E-state index is 13.5. The van der Waals surface area contributed by atoms with Crippen molar-refractivity contribution in [1.82, 2.24) is 9.97 Å². The number of halogens is 1. The van der Waals surface area contributed by atoms with Gasteiger partial charge in [-0.15, -0.1) is 0 Å². The molecule has 0 unspecified atom stereocenters. The highest BCUT2D eigenvalue weighted by atomic mass is 19.1. The summed E-state index contributed by atoms with van der Waals surface area (Å²) in [6.07, 6.45) is 2.45. The average molecular weight is 292 g/mol. The van der Waals surface area contributed by atoms with Crippen molar-refractivity contribution >= 4 is 16.7 Å². The van der Waals surface area contributed by atoms with E-state index in [1.54, 1.807) is 24.4 Å². The Morgan fingerprint density at radius 2 is 2.18 bits per heavy atom. The lowest BCUT2D eigenvalue weighted by molar-refractivity contribution is 0.629. The van der Waals surface area contributed by atoms with Crippen molar-refractivity contribution in [2.24, 2.45) is 0 Å². The third-order valence-corrected chi connectivity index (χ3v) is 4.14. The molecule has 3 heterocycles. The fourth-order valence-corrected chi connectivity index (χ4v) is 3.02. The Kier molecular flexibility index (Phi) is 2.83. The molecule has 1 aromatic carbocycles. The van der Waals surface area contributed by atoms with E-state index in [9.17, 15) is 4.39 Å². The Morgan fingerprint density at radius 1 is 1.27 bits per heavy atom. The van der Waals surface area contributed by atoms with Crippen LogP contribution in [0.15, 0.2) is 36.5 Å². The smallest absolute Gasteiger partial charge is 0.128 e. The number of anilines is 1. The van der Waals surface area contributed by atoms with E-state index in [1.165, 1.54) is 11.8 Å². The number of rotatable bonds is 1. The van der Waals surface area contributed by atoms with Gasteiger partial charge in [0.25, 0.3) is 0 Å². The number of nitriles is 1. The Morgan fingerprint density at radius 3 is 2.95 bits per heavy atom. The van der Waals surface area contributed by atoms with Crippen LogP contribution in [0.4, 0.5) is 10.2 Å². The van der Waals surface area contributed by atoms with Crippen LogP contribution in [-0.2, 0) is 13.0 Å². The Bertz CT molecular complexity index is 889. The van der Waals surface area contributed by atoms with Gasteiger partial charge in [0.05, 0.1) is 5.56 Å². The third kappa shape index (κ3) is 2.01. The van der Waals surface area contributed by atoms with Crippen molar-refractivity contribution in [3.8, 4) is 6.07 Å². The molecule has 0 saturated heterocycles. The number of H-pyrrole nitrogens is 1. The molecule has 0 aliphatic carbocycles. The summed E-state index contributed by atoms with van der Waals surface area (Å²) in [5.41, 5.74) is 3.83. The molecule has 0 radical (unpaired) electrons. The summed E-state index contributed by atoms with van der Waals surface area (Å²) >= 11 is 0. The van der Waals surface area contributed by atoms with Gasteiger partial charge < -0.3 is 9.88 Å². The highest BCUT2D eigenvalue weighted by Crippen LogP contribution is 2.30. The summed E-state index contributed by atoms with van der Waals surface area (Å²) in [6, 6.07) is 10.5. The number of aromatic amines is 1. The number of fused-ring (bicyclic) bond motifs is 3. The van der Waals surface area contributed by atoms with Gasteiger partial charge in [-0.1, -0.05) is 0 Å². The van der Waals surface area contributed by atoms with E-state index in [1.807, 2.05) is 6.07 Å². The van der Waals surface area contributed by atoms with Crippen LogP contribution >= 0.6 is 0 Å². The summed E-state index contributed by atoms with van der Waals surface area (Å²) in [5.74, 6) is 0.623. The van der Waals surface area contributed by atoms with Gasteiger partial charge in [-0.05, 0) is 30.3 Å². The Balaban J connectivity index is 1.72. The largest absolute Gasteiger partial charge is 0.358 e. The number of nitrogens with one attached hydrogen (secondary N) is 1. The standard InChI is InChI=1S/C17H13FN4/c18-12-2-3-15-13(7-12)14-10-22(6-5-16(14)21-15)17-4-1-11(8-19)9-20-17/h1-4,7,9,21H,5-6,10H2. The number of pyridine rings is 1. The molecule has 0 amide bonds. The van der Waals surface area contributed by atoms with Gasteiger partial charge in [0, 0.05) is 47.9 Å². The van der Waals surface area contributed by atoms with Crippen LogP contribution in [0, 0.1) is 17.1 Å². The van der Waals surface area contributed by atoms with Crippen LogP contribution in [0.25, 0.3) is 10.9 Å². The minimum absolute atomic E-state index is 0.220. The van der Waals surface area contributed by atoms with Crippen LogP contribution in [0.5, 0.6) is 0 Å². The number of hydrogen-bond donors (Lipinski definition) is 1. The molecule has 0 atom stereocenters. The van der Waals surface area contributed by atoms with Crippen molar-refractivity contribution in [2.75, 3.05) is 11.4 Å². The molecule has 4 nitrogen and oxygen atoms in total. The van der Waals surface area contributed by atoms with Crippen LogP contribution < -0.4 is 4.90 Å². The first-order valence-corrected chi connectivity index (χ1v) is 7.14. The molecular formula is C17H13FN4. The zero-order valence-electron chi connectivity index (χ0n) is 11.8. The van der Waals surface area contributed by atoms with Crippen LogP contribution in [0.3, 0.4) is 0 Å². The number of aromatic nitrogens is 2. The maximum Gasteiger partial charge on any atom is 0.128 e. The quantitative estimate of drug-likeness (QED) is 0.749. The highest BCUT2D eigenvalue weighted by Gasteiger charge is 2.21. The van der Waals surface area contributed by atoms with E-state index in [4.69, 9.17) is 5.26 Å². The van der Waals surface area contributed by atoms with Gasteiger partial charge in [0.1, 0.15) is 17.7 Å². The van der Waals surface area contributed by atoms with E-state index in [2.05, 4.69) is 20.9 Å². The van der Waals surface area contributed by atoms with Crippen molar-refractivity contribution in [2.45, 2.75) is 13.0 Å². The van der Waals surface area contributed by atoms with Gasteiger partial charge in [-0.2, -0.15) is 5.26 Å². The second-order valence-corrected chi connectivity index (χ2v) is 5.46. The molecule has 108 valence electrons. The zero-order chi connectivity index (χ0) is 15.1. The van der Waals surface area contributed by atoms with Gasteiger partial charge >= 0.3 is 0 Å². The fraction of sp³-hybridized carbons (Fsp3) is 0.176. The lowest BCUT2D eigenvalue weighted by Gasteiger charge is -2.28. The highest BCUT2D eigenvalue weighted by molar-refractivity contribution is 5.85. The van der Waals surface area contributed by atoms with Crippen LogP contribution in [-0.4, -0.2) is 16.5 Å². The molecule has 2 aromatic heterocycles. The van der Waals surface area contributed by atoms with Crippen molar-refractivity contribution in [3.63, 3.8) is 0 Å². The number of nitrogens with zero attached hydrogens (tertiary/aromatic N) is 3. The van der Waals surface area contributed by atoms with E-state index in [0.29, 0.717) is 12.1 Å². The average Bonchev–Trinajstić information content (AvgIpc) is 2.92. The molecule has 4 rings (SSSR count). The van der Waals surface area contributed by atoms with Gasteiger partial charge in [0.2, 0.25) is 0 Å². The van der Waals surface area contributed by atoms with Gasteiger partial charge in [-0.3, -0.25) is 0 Å². The van der Waals surface area contributed by atoms with Crippen LogP contribution in [0.1, 0.15) is 16.8 Å². The number of hydrogen-bond acceptors (Lipinski definition) is 3. The summed E-state index contributed by atoms with van der Waals surface area (Å²) in [4.78, 5) is 9.88. The van der Waals surface area contributed by atoms with E-state index in [-0.39, 0.29) is 5.82 Å². The summed E-state index contributed by atoms with van der Waals surface area (Å²) in [6.45, 7) is 1.54. The molecular weight excluding hydrogens is 279 g/mol. The van der Waals surface area contributed by atoms with Gasteiger partial charge in [0.15, 0.2) is 0 Å². The van der Waals surface area contributed by atoms with E-state index >= 15 is 0 Å². The fourth-order valence-electron chi connectivity index (χ4n) is 3.02. The minimum atomic E-state index is -0.220. The van der Waals surface area contributed by atoms with Gasteiger partial charge in [-0.25, -0.2) is 9.37 Å². The predicted octanol–water partition coefficient (Wildman–Crippen LogP) is 3.14. The molecule has 0 saturated carbocycles. The van der Waals surface area contributed by atoms with Crippen molar-refractivity contribution < 1.29 is 4.39 Å². The molecule has 3 aromatic rings. The van der Waals surface area contributed by atoms with E-state index in [0.717, 1.165) is 35.2 Å². The summed E-state index contributed by atoms with van der Waals surface area (Å²) < 4.78 is 13.5. The molecule has 5 heteroatoms. The minimum Gasteiger partial charge on any atom is -0.358 e. The number of benzene rings is 1. The molecule has 22 heavy (non-hydrogen) atoms. The first kappa shape index (κ1) is 12.8. The van der Waals surface area contributed by atoms with E-state index < -0.39 is 0 Å². The second-order valence-electron chi connectivity index (χ2n) is 5.46. The van der Waals surface area contributed by atoms with Crippen molar-refractivity contribution in [3.05, 3.63) is 59.2 Å². The monoisotopic (exact) mass is 292 g/mol. The Labute approximate surface area is 126 Å². The zero-order valence-corrected chi connectivity index (χ0v) is 11.8. The van der Waals surface area contributed by atoms with Crippen molar-refractivity contribution in [1.29, 1.82) is 5.26 Å². The second kappa shape index (κ2) is 4.85. The predicted molar refractivity (Wildman–Crippen MR) is 82.0 cm³/mol. The molecule has 0 fully saturated rings. The molecule has 1 aliphatic heterocycles. The molecule has 0 spiro atoms. The third-order valence-electron chi connectivity index (χ3n) is 4.14. The van der Waals surface area contributed by atoms with Crippen LogP contribution in [0.2, 0.25) is 0 Å². The normalized spacial score (nSPS) is 13.9. The Hall–Kier alpha value is -2.87. The first-order chi connectivity index (χ1) is 10.7. The topological polar surface area (TPSA) is 55.7 Å².